The fourth-order valence-corrected chi connectivity index (χ4v) is 4.70. The quantitative estimate of drug-likeness (QED) is 0.816. The first-order chi connectivity index (χ1) is 9.73. The second kappa shape index (κ2) is 6.12. The Morgan fingerprint density at radius 1 is 1.40 bits per heavy atom. The maximum absolute atomic E-state index is 5.23. The fraction of sp³-hybridized carbons (Fsp3) is 0.812. The molecule has 0 aromatic carbocycles. The lowest BCUT2D eigenvalue weighted by atomic mass is 9.74. The topological polar surface area (TPSA) is 34.1 Å². The van der Waals surface area contributed by atoms with Gasteiger partial charge >= 0.3 is 0 Å². The molecule has 3 nitrogen and oxygen atoms in total. The third kappa shape index (κ3) is 3.07. The molecule has 2 saturated carbocycles. The van der Waals surface area contributed by atoms with Gasteiger partial charge in [-0.2, -0.15) is 0 Å². The van der Waals surface area contributed by atoms with Gasteiger partial charge in [-0.3, -0.25) is 0 Å². The van der Waals surface area contributed by atoms with Crippen molar-refractivity contribution in [3.8, 4) is 0 Å². The molecule has 0 spiro atoms. The van der Waals surface area contributed by atoms with Gasteiger partial charge in [0, 0.05) is 24.7 Å². The minimum atomic E-state index is 0.114. The van der Waals surface area contributed by atoms with Crippen LogP contribution in [0.3, 0.4) is 0 Å². The lowest BCUT2D eigenvalue weighted by Crippen LogP contribution is -2.47. The number of nitrogens with one attached hydrogen (secondary N) is 1. The summed E-state index contributed by atoms with van der Waals surface area (Å²) in [6.07, 6.45) is 8.16. The van der Waals surface area contributed by atoms with Crippen LogP contribution in [0.1, 0.15) is 49.2 Å². The predicted octanol–water partition coefficient (Wildman–Crippen LogP) is 3.48. The SMILES string of the molecule is COCCNC1(c2nc(C)cs2)CCCC(C2CC2)C1. The van der Waals surface area contributed by atoms with E-state index in [1.54, 1.807) is 7.11 Å². The second-order valence-corrected chi connectivity index (χ2v) is 7.35. The third-order valence-electron chi connectivity index (χ3n) is 4.88. The Morgan fingerprint density at radius 2 is 2.25 bits per heavy atom. The van der Waals surface area contributed by atoms with Crippen molar-refractivity contribution in [2.24, 2.45) is 11.8 Å². The summed E-state index contributed by atoms with van der Waals surface area (Å²) in [7, 11) is 1.77. The van der Waals surface area contributed by atoms with Crippen molar-refractivity contribution in [2.45, 2.75) is 51.0 Å². The molecule has 0 saturated heterocycles. The van der Waals surface area contributed by atoms with Gasteiger partial charge in [0.05, 0.1) is 12.1 Å². The summed E-state index contributed by atoms with van der Waals surface area (Å²) in [5.74, 6) is 1.91. The first-order valence-electron chi connectivity index (χ1n) is 7.90. The highest BCUT2D eigenvalue weighted by Crippen LogP contribution is 2.49. The summed E-state index contributed by atoms with van der Waals surface area (Å²) >= 11 is 1.83. The van der Waals surface area contributed by atoms with Gasteiger partial charge in [0.1, 0.15) is 5.01 Å². The average Bonchev–Trinajstić information content (AvgIpc) is 3.21. The molecule has 2 aliphatic carbocycles. The molecule has 2 atom stereocenters. The molecule has 1 aromatic rings. The number of methoxy groups -OCH3 is 1. The van der Waals surface area contributed by atoms with Gasteiger partial charge in [-0.05, 0) is 44.4 Å². The zero-order valence-corrected chi connectivity index (χ0v) is 13.5. The third-order valence-corrected chi connectivity index (χ3v) is 6.04. The van der Waals surface area contributed by atoms with Gasteiger partial charge in [-0.1, -0.05) is 12.8 Å². The van der Waals surface area contributed by atoms with E-state index in [1.165, 1.54) is 43.5 Å². The molecule has 1 aromatic heterocycles. The highest BCUT2D eigenvalue weighted by molar-refractivity contribution is 7.09. The van der Waals surface area contributed by atoms with Crippen molar-refractivity contribution >= 4 is 11.3 Å². The molecule has 20 heavy (non-hydrogen) atoms. The number of thiazole rings is 1. The predicted molar refractivity (Wildman–Crippen MR) is 83.1 cm³/mol. The summed E-state index contributed by atoms with van der Waals surface area (Å²) in [4.78, 5) is 4.81. The number of aryl methyl sites for hydroxylation is 1. The molecule has 112 valence electrons. The van der Waals surface area contributed by atoms with Crippen molar-refractivity contribution < 1.29 is 4.74 Å². The summed E-state index contributed by atoms with van der Waals surface area (Å²) in [6, 6.07) is 0. The van der Waals surface area contributed by atoms with Gasteiger partial charge in [-0.25, -0.2) is 4.98 Å². The zero-order valence-electron chi connectivity index (χ0n) is 12.7. The molecule has 3 rings (SSSR count). The highest BCUT2D eigenvalue weighted by atomic mass is 32.1. The van der Waals surface area contributed by atoms with E-state index in [9.17, 15) is 0 Å². The largest absolute Gasteiger partial charge is 0.383 e. The van der Waals surface area contributed by atoms with E-state index in [0.29, 0.717) is 0 Å². The van der Waals surface area contributed by atoms with Crippen molar-refractivity contribution in [1.29, 1.82) is 0 Å². The fourth-order valence-electron chi connectivity index (χ4n) is 3.68. The Morgan fingerprint density at radius 3 is 2.90 bits per heavy atom. The van der Waals surface area contributed by atoms with E-state index in [-0.39, 0.29) is 5.54 Å². The standard InChI is InChI=1S/C16H26N2OS/c1-12-11-20-15(18-12)16(17-8-9-19-2)7-3-4-14(10-16)13-5-6-13/h11,13-14,17H,3-10H2,1-2H3. The Bertz CT molecular complexity index is 443. The van der Waals surface area contributed by atoms with Crippen molar-refractivity contribution in [2.75, 3.05) is 20.3 Å². The highest BCUT2D eigenvalue weighted by Gasteiger charge is 2.44. The Labute approximate surface area is 126 Å². The molecular weight excluding hydrogens is 268 g/mol. The molecule has 1 N–H and O–H groups in total. The van der Waals surface area contributed by atoms with Gasteiger partial charge in [0.2, 0.25) is 0 Å². The number of nitrogens with zero attached hydrogens (tertiary/aromatic N) is 1. The van der Waals surface area contributed by atoms with Crippen molar-refractivity contribution in [1.82, 2.24) is 10.3 Å². The van der Waals surface area contributed by atoms with E-state index in [1.807, 2.05) is 11.3 Å². The van der Waals surface area contributed by atoms with E-state index in [0.717, 1.165) is 30.7 Å². The summed E-state index contributed by atoms with van der Waals surface area (Å²) in [5.41, 5.74) is 1.27. The minimum Gasteiger partial charge on any atom is -0.383 e. The first-order valence-corrected chi connectivity index (χ1v) is 8.78. The van der Waals surface area contributed by atoms with Crippen LogP contribution in [0.4, 0.5) is 0 Å². The van der Waals surface area contributed by atoms with E-state index in [4.69, 9.17) is 9.72 Å². The Hall–Kier alpha value is -0.450. The van der Waals surface area contributed by atoms with Gasteiger partial charge < -0.3 is 10.1 Å². The van der Waals surface area contributed by atoms with Crippen LogP contribution in [-0.4, -0.2) is 25.2 Å². The average molecular weight is 294 g/mol. The number of rotatable bonds is 6. The molecule has 4 heteroatoms. The van der Waals surface area contributed by atoms with Crippen LogP contribution in [0.25, 0.3) is 0 Å². The molecule has 0 radical (unpaired) electrons. The number of aromatic nitrogens is 1. The van der Waals surface area contributed by atoms with Crippen LogP contribution in [0.2, 0.25) is 0 Å². The first kappa shape index (κ1) is 14.5. The maximum atomic E-state index is 5.23. The van der Waals surface area contributed by atoms with Crippen LogP contribution < -0.4 is 5.32 Å². The van der Waals surface area contributed by atoms with Crippen molar-refractivity contribution in [3.05, 3.63) is 16.1 Å². The molecule has 2 aliphatic rings. The lowest BCUT2D eigenvalue weighted by molar-refractivity contribution is 0.137. The van der Waals surface area contributed by atoms with Gasteiger partial charge in [0.15, 0.2) is 0 Å². The molecule has 0 aliphatic heterocycles. The van der Waals surface area contributed by atoms with Gasteiger partial charge in [-0.15, -0.1) is 11.3 Å². The normalized spacial score (nSPS) is 30.6. The van der Waals surface area contributed by atoms with Crippen molar-refractivity contribution in [3.63, 3.8) is 0 Å². The number of hydrogen-bond donors (Lipinski definition) is 1. The Balaban J connectivity index is 1.78. The van der Waals surface area contributed by atoms with E-state index < -0.39 is 0 Å². The summed E-state index contributed by atoms with van der Waals surface area (Å²) in [5, 5.41) is 7.29. The monoisotopic (exact) mass is 294 g/mol. The molecular formula is C16H26N2OS. The summed E-state index contributed by atoms with van der Waals surface area (Å²) in [6.45, 7) is 3.80. The minimum absolute atomic E-state index is 0.114. The number of hydrogen-bond acceptors (Lipinski definition) is 4. The number of ether oxygens (including phenoxy) is 1. The van der Waals surface area contributed by atoms with Crippen LogP contribution in [-0.2, 0) is 10.3 Å². The van der Waals surface area contributed by atoms with Crippen LogP contribution in [0.5, 0.6) is 0 Å². The second-order valence-electron chi connectivity index (χ2n) is 6.49. The van der Waals surface area contributed by atoms with Gasteiger partial charge in [0.25, 0.3) is 0 Å². The molecule has 0 amide bonds. The van der Waals surface area contributed by atoms with E-state index in [2.05, 4.69) is 17.6 Å². The zero-order chi connectivity index (χ0) is 14.0. The summed E-state index contributed by atoms with van der Waals surface area (Å²) < 4.78 is 5.23. The van der Waals surface area contributed by atoms with E-state index >= 15 is 0 Å². The maximum Gasteiger partial charge on any atom is 0.113 e. The van der Waals surface area contributed by atoms with Crippen LogP contribution >= 0.6 is 11.3 Å². The Kier molecular flexibility index (Phi) is 4.43. The lowest BCUT2D eigenvalue weighted by Gasteiger charge is -2.40. The molecule has 2 unspecified atom stereocenters. The van der Waals surface area contributed by atoms with Crippen LogP contribution in [0, 0.1) is 18.8 Å². The smallest absolute Gasteiger partial charge is 0.113 e. The molecule has 1 heterocycles. The molecule has 0 bridgehead atoms. The molecule has 2 fully saturated rings. The van der Waals surface area contributed by atoms with Crippen LogP contribution in [0.15, 0.2) is 5.38 Å².